The molecule has 0 bridgehead atoms. The van der Waals surface area contributed by atoms with E-state index in [4.69, 9.17) is 10.5 Å². The number of anilines is 2. The van der Waals surface area contributed by atoms with Crippen molar-refractivity contribution in [2.24, 2.45) is 0 Å². The van der Waals surface area contributed by atoms with E-state index in [1.807, 2.05) is 13.0 Å². The van der Waals surface area contributed by atoms with E-state index in [-0.39, 0.29) is 29.6 Å². The highest BCUT2D eigenvalue weighted by Crippen LogP contribution is 2.34. The predicted octanol–water partition coefficient (Wildman–Crippen LogP) is 5.35. The molecule has 10 heteroatoms. The molecule has 3 aromatic carbocycles. The third-order valence-corrected chi connectivity index (χ3v) is 6.43. The second kappa shape index (κ2) is 11.3. The lowest BCUT2D eigenvalue weighted by molar-refractivity contribution is 0.102. The van der Waals surface area contributed by atoms with Crippen molar-refractivity contribution in [2.45, 2.75) is 13.8 Å². The standard InChI is InChI=1S/C31H26FN5O4/c1-3-41-27-13-15-37(22-8-5-20(32)6-9-22)30(40)28(27)29(39)35-21-7-10-23(18(2)16-21)19-4-11-26(38)24(17-19)25-12-14-34-31(33)36-25/h4-17,38H,3H2,1-2H3,(H,35,39)(H2,33,34,36). The molecule has 2 aromatic heterocycles. The van der Waals surface area contributed by atoms with Crippen LogP contribution in [0, 0.1) is 12.7 Å². The molecule has 0 spiro atoms. The Hall–Kier alpha value is -5.51. The number of ether oxygens (including phenoxy) is 1. The van der Waals surface area contributed by atoms with Gasteiger partial charge in [-0.3, -0.25) is 14.2 Å². The molecule has 9 nitrogen and oxygen atoms in total. The zero-order chi connectivity index (χ0) is 29.1. The van der Waals surface area contributed by atoms with Crippen LogP contribution >= 0.6 is 0 Å². The van der Waals surface area contributed by atoms with Crippen molar-refractivity contribution in [1.29, 1.82) is 0 Å². The van der Waals surface area contributed by atoms with Crippen LogP contribution in [-0.2, 0) is 0 Å². The number of nitrogen functional groups attached to an aromatic ring is 1. The molecular weight excluding hydrogens is 525 g/mol. The van der Waals surface area contributed by atoms with E-state index in [0.29, 0.717) is 22.6 Å². The van der Waals surface area contributed by atoms with Crippen molar-refractivity contribution < 1.29 is 19.0 Å². The Balaban J connectivity index is 1.46. The summed E-state index contributed by atoms with van der Waals surface area (Å²) in [7, 11) is 0. The third-order valence-electron chi connectivity index (χ3n) is 6.43. The molecule has 5 aromatic rings. The molecule has 1 amide bonds. The molecule has 206 valence electrons. The number of nitrogens with zero attached hydrogens (tertiary/aromatic N) is 3. The van der Waals surface area contributed by atoms with Crippen LogP contribution < -0.4 is 21.3 Å². The molecule has 0 fully saturated rings. The van der Waals surface area contributed by atoms with Gasteiger partial charge in [0, 0.05) is 29.3 Å². The summed E-state index contributed by atoms with van der Waals surface area (Å²) in [6.45, 7) is 3.89. The topological polar surface area (TPSA) is 132 Å². The Bertz CT molecular complexity index is 1820. The van der Waals surface area contributed by atoms with Crippen LogP contribution in [0.2, 0.25) is 0 Å². The molecule has 0 atom stereocenters. The summed E-state index contributed by atoms with van der Waals surface area (Å²) < 4.78 is 20.3. The number of phenolic OH excluding ortho intramolecular Hbond substituents is 1. The second-order valence-electron chi connectivity index (χ2n) is 9.16. The van der Waals surface area contributed by atoms with Crippen molar-refractivity contribution in [3.05, 3.63) is 112 Å². The lowest BCUT2D eigenvalue weighted by Crippen LogP contribution is -2.29. The monoisotopic (exact) mass is 551 g/mol. The van der Waals surface area contributed by atoms with Crippen LogP contribution in [0.3, 0.4) is 0 Å². The van der Waals surface area contributed by atoms with Crippen LogP contribution in [-0.4, -0.2) is 32.2 Å². The molecule has 0 radical (unpaired) electrons. The summed E-state index contributed by atoms with van der Waals surface area (Å²) in [4.78, 5) is 34.9. The number of hydrogen-bond donors (Lipinski definition) is 3. The lowest BCUT2D eigenvalue weighted by atomic mass is 9.97. The maximum atomic E-state index is 13.4. The number of phenols is 1. The summed E-state index contributed by atoms with van der Waals surface area (Å²) in [5.74, 6) is -0.794. The Labute approximate surface area is 234 Å². The van der Waals surface area contributed by atoms with Crippen LogP contribution in [0.1, 0.15) is 22.8 Å². The molecule has 0 saturated heterocycles. The van der Waals surface area contributed by atoms with Gasteiger partial charge in [0.15, 0.2) is 0 Å². The van der Waals surface area contributed by atoms with Gasteiger partial charge in [0.1, 0.15) is 22.9 Å². The minimum Gasteiger partial charge on any atom is -0.507 e. The average Bonchev–Trinajstić information content (AvgIpc) is 2.94. The van der Waals surface area contributed by atoms with E-state index in [0.717, 1.165) is 16.7 Å². The van der Waals surface area contributed by atoms with Crippen LogP contribution in [0.5, 0.6) is 11.5 Å². The molecule has 0 saturated carbocycles. The number of carbonyl (C=O) groups is 1. The van der Waals surface area contributed by atoms with Crippen molar-refractivity contribution >= 4 is 17.5 Å². The lowest BCUT2D eigenvalue weighted by Gasteiger charge is -2.15. The molecule has 2 heterocycles. The van der Waals surface area contributed by atoms with Gasteiger partial charge >= 0.3 is 0 Å². The third kappa shape index (κ3) is 5.62. The number of hydrogen-bond acceptors (Lipinski definition) is 7. The molecule has 41 heavy (non-hydrogen) atoms. The molecule has 4 N–H and O–H groups in total. The fourth-order valence-electron chi connectivity index (χ4n) is 4.50. The number of rotatable bonds is 7. The number of nitrogens with two attached hydrogens (primary N) is 1. The maximum absolute atomic E-state index is 13.4. The highest BCUT2D eigenvalue weighted by atomic mass is 19.1. The predicted molar refractivity (Wildman–Crippen MR) is 155 cm³/mol. The highest BCUT2D eigenvalue weighted by Gasteiger charge is 2.21. The van der Waals surface area contributed by atoms with Crippen LogP contribution in [0.25, 0.3) is 28.1 Å². The number of benzene rings is 3. The van der Waals surface area contributed by atoms with Gasteiger partial charge in [-0.05, 0) is 91.2 Å². The number of amides is 1. The molecule has 0 aliphatic rings. The van der Waals surface area contributed by atoms with Gasteiger partial charge in [-0.25, -0.2) is 14.4 Å². The minimum absolute atomic E-state index is 0.0487. The Morgan fingerprint density at radius 1 is 1.05 bits per heavy atom. The summed E-state index contributed by atoms with van der Waals surface area (Å²) in [5.41, 5.74) is 9.31. The first-order valence-corrected chi connectivity index (χ1v) is 12.7. The van der Waals surface area contributed by atoms with Gasteiger partial charge in [0.2, 0.25) is 5.95 Å². The average molecular weight is 552 g/mol. The largest absolute Gasteiger partial charge is 0.507 e. The quantitative estimate of drug-likeness (QED) is 0.248. The molecule has 5 rings (SSSR count). The van der Waals surface area contributed by atoms with E-state index in [1.54, 1.807) is 43.3 Å². The number of aryl methyl sites for hydroxylation is 1. The van der Waals surface area contributed by atoms with Crippen molar-refractivity contribution in [1.82, 2.24) is 14.5 Å². The van der Waals surface area contributed by atoms with Gasteiger partial charge in [-0.1, -0.05) is 12.1 Å². The van der Waals surface area contributed by atoms with Gasteiger partial charge in [0.05, 0.1) is 12.3 Å². The molecule has 0 aliphatic heterocycles. The van der Waals surface area contributed by atoms with Crippen molar-refractivity contribution in [3.8, 4) is 39.6 Å². The van der Waals surface area contributed by atoms with E-state index in [9.17, 15) is 19.1 Å². The van der Waals surface area contributed by atoms with Crippen molar-refractivity contribution in [2.75, 3.05) is 17.7 Å². The smallest absolute Gasteiger partial charge is 0.271 e. The zero-order valence-electron chi connectivity index (χ0n) is 22.3. The summed E-state index contributed by atoms with van der Waals surface area (Å²) in [6.07, 6.45) is 3.00. The normalized spacial score (nSPS) is 10.8. The SMILES string of the molecule is CCOc1ccn(-c2ccc(F)cc2)c(=O)c1C(=O)Nc1ccc(-c2ccc(O)c(-c3ccnc(N)n3)c2)c(C)c1. The van der Waals surface area contributed by atoms with Gasteiger partial charge in [-0.15, -0.1) is 0 Å². The zero-order valence-corrected chi connectivity index (χ0v) is 22.3. The fraction of sp³-hybridized carbons (Fsp3) is 0.0968. The maximum Gasteiger partial charge on any atom is 0.271 e. The second-order valence-corrected chi connectivity index (χ2v) is 9.16. The first kappa shape index (κ1) is 27.1. The minimum atomic E-state index is -0.643. The summed E-state index contributed by atoms with van der Waals surface area (Å²) >= 11 is 0. The Kier molecular flexibility index (Phi) is 7.47. The van der Waals surface area contributed by atoms with Gasteiger partial charge in [0.25, 0.3) is 11.5 Å². The van der Waals surface area contributed by atoms with Crippen LogP contribution in [0.4, 0.5) is 16.0 Å². The Morgan fingerprint density at radius 2 is 1.83 bits per heavy atom. The van der Waals surface area contributed by atoms with E-state index in [2.05, 4.69) is 15.3 Å². The van der Waals surface area contributed by atoms with Gasteiger partial charge in [-0.2, -0.15) is 0 Å². The first-order valence-electron chi connectivity index (χ1n) is 12.7. The van der Waals surface area contributed by atoms with Crippen molar-refractivity contribution in [3.63, 3.8) is 0 Å². The number of nitrogens with one attached hydrogen (secondary N) is 1. The van der Waals surface area contributed by atoms with Crippen LogP contribution in [0.15, 0.2) is 90.0 Å². The molecule has 0 unspecified atom stereocenters. The number of carbonyl (C=O) groups excluding carboxylic acids is 1. The highest BCUT2D eigenvalue weighted by molar-refractivity contribution is 6.06. The first-order chi connectivity index (χ1) is 19.7. The summed E-state index contributed by atoms with van der Waals surface area (Å²) in [6, 6.07) is 19.1. The van der Waals surface area contributed by atoms with Gasteiger partial charge < -0.3 is 20.9 Å². The van der Waals surface area contributed by atoms with E-state index >= 15 is 0 Å². The van der Waals surface area contributed by atoms with E-state index < -0.39 is 17.3 Å². The number of halogens is 1. The molecular formula is C31H26FN5O4. The summed E-state index contributed by atoms with van der Waals surface area (Å²) in [5, 5.41) is 13.2. The number of pyridine rings is 1. The fourth-order valence-corrected chi connectivity index (χ4v) is 4.50. The molecule has 0 aliphatic carbocycles. The number of aromatic nitrogens is 3. The van der Waals surface area contributed by atoms with E-state index in [1.165, 1.54) is 47.3 Å². The Morgan fingerprint density at radius 3 is 2.54 bits per heavy atom. The number of aromatic hydroxyl groups is 1.